The zero-order valence-electron chi connectivity index (χ0n) is 61.8. The van der Waals surface area contributed by atoms with Crippen molar-refractivity contribution < 1.29 is 80.2 Å². The predicted molar refractivity (Wildman–Crippen MR) is 386 cm³/mol. The van der Waals surface area contributed by atoms with E-state index in [1.807, 2.05) is 0 Å². The number of ether oxygens (including phenoxy) is 4. The number of phosphoric acid groups is 2. The van der Waals surface area contributed by atoms with E-state index in [0.717, 1.165) is 102 Å². The Labute approximate surface area is 581 Å². The zero-order chi connectivity index (χ0) is 69.8. The molecule has 95 heavy (non-hydrogen) atoms. The molecule has 0 aromatic heterocycles. The number of rotatable bonds is 76. The van der Waals surface area contributed by atoms with E-state index in [-0.39, 0.29) is 25.7 Å². The van der Waals surface area contributed by atoms with Gasteiger partial charge in [-0.05, 0) is 31.6 Å². The molecule has 19 heteroatoms. The van der Waals surface area contributed by atoms with Crippen molar-refractivity contribution in [3.8, 4) is 0 Å². The minimum Gasteiger partial charge on any atom is -0.462 e. The van der Waals surface area contributed by atoms with Crippen LogP contribution in [0.3, 0.4) is 0 Å². The van der Waals surface area contributed by atoms with E-state index in [2.05, 4.69) is 34.6 Å². The van der Waals surface area contributed by atoms with E-state index in [1.54, 1.807) is 0 Å². The summed E-state index contributed by atoms with van der Waals surface area (Å²) in [6, 6.07) is 0. The third-order valence-corrected chi connectivity index (χ3v) is 20.0. The van der Waals surface area contributed by atoms with Crippen molar-refractivity contribution in [3.63, 3.8) is 0 Å². The molecule has 0 amide bonds. The van der Waals surface area contributed by atoms with Crippen LogP contribution in [0.15, 0.2) is 0 Å². The molecule has 17 nitrogen and oxygen atoms in total. The molecule has 0 aromatic rings. The molecule has 0 saturated carbocycles. The van der Waals surface area contributed by atoms with Gasteiger partial charge in [0.1, 0.15) is 19.3 Å². The lowest BCUT2D eigenvalue weighted by Crippen LogP contribution is -2.30. The van der Waals surface area contributed by atoms with E-state index >= 15 is 0 Å². The summed E-state index contributed by atoms with van der Waals surface area (Å²) in [5.41, 5.74) is 0. The van der Waals surface area contributed by atoms with Crippen LogP contribution in [0.2, 0.25) is 0 Å². The Bertz CT molecular complexity index is 1820. The number of aliphatic hydroxyl groups is 1. The molecule has 0 aliphatic rings. The fourth-order valence-electron chi connectivity index (χ4n) is 11.7. The van der Waals surface area contributed by atoms with Crippen LogP contribution in [0.5, 0.6) is 0 Å². The Morgan fingerprint density at radius 1 is 0.295 bits per heavy atom. The summed E-state index contributed by atoms with van der Waals surface area (Å²) in [7, 11) is -9.91. The molecular formula is C76H148O17P2. The van der Waals surface area contributed by atoms with Crippen LogP contribution in [-0.2, 0) is 65.4 Å². The van der Waals surface area contributed by atoms with Crippen molar-refractivity contribution in [1.82, 2.24) is 0 Å². The number of hydrogen-bond donors (Lipinski definition) is 3. The Morgan fingerprint density at radius 2 is 0.505 bits per heavy atom. The van der Waals surface area contributed by atoms with Gasteiger partial charge in [-0.25, -0.2) is 9.13 Å². The second-order valence-corrected chi connectivity index (χ2v) is 30.5. The summed E-state index contributed by atoms with van der Waals surface area (Å²) in [5.74, 6) is -1.35. The monoisotopic (exact) mass is 1400 g/mol. The molecule has 0 spiro atoms. The molecule has 3 N–H and O–H groups in total. The van der Waals surface area contributed by atoms with Crippen molar-refractivity contribution in [2.45, 2.75) is 419 Å². The predicted octanol–water partition coefficient (Wildman–Crippen LogP) is 22.5. The molecule has 6 atom stereocenters. The Hall–Kier alpha value is -1.94. The number of phosphoric ester groups is 2. The first-order valence-corrected chi connectivity index (χ1v) is 42.7. The summed E-state index contributed by atoms with van der Waals surface area (Å²) in [6.45, 7) is 7.26. The van der Waals surface area contributed by atoms with E-state index < -0.39 is 97.5 Å². The highest BCUT2D eigenvalue weighted by Gasteiger charge is 2.30. The first-order valence-electron chi connectivity index (χ1n) is 39.7. The molecule has 0 fully saturated rings. The van der Waals surface area contributed by atoms with Gasteiger partial charge >= 0.3 is 39.5 Å². The highest BCUT2D eigenvalue weighted by Crippen LogP contribution is 2.45. The molecule has 0 radical (unpaired) electrons. The summed E-state index contributed by atoms with van der Waals surface area (Å²) in [5, 5.41) is 10.6. The highest BCUT2D eigenvalue weighted by atomic mass is 31.2. The standard InChI is InChI=1S/C76H148O17P2/c1-6-10-13-16-19-22-24-26-28-29-30-31-32-34-36-38-40-46-51-56-61-75(80)92-72(66-87-74(79)60-55-50-45-39-37-35-33-27-25-23-20-17-14-11-7-2)68-91-95(84,85)89-64-70(77)63-88-94(82,83)90-67-71(65-86-73(78)59-54-49-44-21-18-15-12-8-3)93-76(81)62-57-52-47-42-41-43-48-53-58-69(5)9-4/h69-72,77H,6-68H2,1-5H3,(H,82,83)(H,84,85)/t69?,70-,71+,72+/m0/s1. The van der Waals surface area contributed by atoms with E-state index in [0.29, 0.717) is 25.7 Å². The lowest BCUT2D eigenvalue weighted by Gasteiger charge is -2.21. The fraction of sp³-hybridized carbons (Fsp3) is 0.947. The topological polar surface area (TPSA) is 237 Å². The van der Waals surface area contributed by atoms with Gasteiger partial charge in [0.2, 0.25) is 0 Å². The van der Waals surface area contributed by atoms with Crippen molar-refractivity contribution in [1.29, 1.82) is 0 Å². The van der Waals surface area contributed by atoms with Gasteiger partial charge in [0.25, 0.3) is 0 Å². The van der Waals surface area contributed by atoms with Crippen LogP contribution in [0.25, 0.3) is 0 Å². The number of aliphatic hydroxyl groups excluding tert-OH is 1. The average molecular weight is 1400 g/mol. The maximum absolute atomic E-state index is 13.1. The lowest BCUT2D eigenvalue weighted by molar-refractivity contribution is -0.161. The normalized spacial score (nSPS) is 14.2. The van der Waals surface area contributed by atoms with Crippen LogP contribution in [0.1, 0.15) is 401 Å². The summed E-state index contributed by atoms with van der Waals surface area (Å²) >= 11 is 0. The molecule has 0 bridgehead atoms. The van der Waals surface area contributed by atoms with Crippen molar-refractivity contribution in [3.05, 3.63) is 0 Å². The van der Waals surface area contributed by atoms with Gasteiger partial charge in [-0.1, -0.05) is 349 Å². The van der Waals surface area contributed by atoms with Crippen LogP contribution < -0.4 is 0 Å². The molecule has 0 rings (SSSR count). The maximum Gasteiger partial charge on any atom is 0.472 e. The van der Waals surface area contributed by atoms with E-state index in [1.165, 1.54) is 218 Å². The number of esters is 4. The molecule has 0 aliphatic carbocycles. The third-order valence-electron chi connectivity index (χ3n) is 18.1. The van der Waals surface area contributed by atoms with Gasteiger partial charge < -0.3 is 33.8 Å². The molecule has 3 unspecified atom stereocenters. The average Bonchev–Trinajstić information content (AvgIpc) is 2.69. The lowest BCUT2D eigenvalue weighted by atomic mass is 9.99. The number of carbonyl (C=O) groups excluding carboxylic acids is 4. The number of hydrogen-bond acceptors (Lipinski definition) is 15. The zero-order valence-corrected chi connectivity index (χ0v) is 63.6. The third kappa shape index (κ3) is 69.0. The van der Waals surface area contributed by atoms with Crippen molar-refractivity contribution >= 4 is 39.5 Å². The largest absolute Gasteiger partial charge is 0.472 e. The second kappa shape index (κ2) is 69.2. The fourth-order valence-corrected chi connectivity index (χ4v) is 13.3. The second-order valence-electron chi connectivity index (χ2n) is 27.6. The molecule has 0 aliphatic heterocycles. The summed E-state index contributed by atoms with van der Waals surface area (Å²) in [4.78, 5) is 72.7. The minimum absolute atomic E-state index is 0.105. The first-order chi connectivity index (χ1) is 46.1. The Morgan fingerprint density at radius 3 is 0.747 bits per heavy atom. The molecule has 0 saturated heterocycles. The molecule has 564 valence electrons. The Balaban J connectivity index is 5.20. The van der Waals surface area contributed by atoms with Gasteiger partial charge in [0, 0.05) is 25.7 Å². The highest BCUT2D eigenvalue weighted by molar-refractivity contribution is 7.47. The van der Waals surface area contributed by atoms with Crippen LogP contribution >= 0.6 is 15.6 Å². The molecule has 0 heterocycles. The number of carbonyl (C=O) groups is 4. The summed E-state index contributed by atoms with van der Waals surface area (Å²) in [6.07, 6.45) is 58.3. The van der Waals surface area contributed by atoms with Crippen LogP contribution in [0, 0.1) is 5.92 Å². The van der Waals surface area contributed by atoms with Gasteiger partial charge in [-0.2, -0.15) is 0 Å². The molecular weight excluding hydrogens is 1250 g/mol. The van der Waals surface area contributed by atoms with E-state index in [4.69, 9.17) is 37.0 Å². The van der Waals surface area contributed by atoms with Gasteiger partial charge in [-0.3, -0.25) is 37.3 Å². The van der Waals surface area contributed by atoms with Gasteiger partial charge in [0.15, 0.2) is 12.2 Å². The summed E-state index contributed by atoms with van der Waals surface area (Å²) < 4.78 is 68.5. The molecule has 0 aromatic carbocycles. The smallest absolute Gasteiger partial charge is 0.462 e. The quantitative estimate of drug-likeness (QED) is 0.0222. The van der Waals surface area contributed by atoms with Gasteiger partial charge in [0.05, 0.1) is 26.4 Å². The van der Waals surface area contributed by atoms with Crippen molar-refractivity contribution in [2.75, 3.05) is 39.6 Å². The van der Waals surface area contributed by atoms with Gasteiger partial charge in [-0.15, -0.1) is 0 Å². The van der Waals surface area contributed by atoms with Crippen LogP contribution in [0.4, 0.5) is 0 Å². The SMILES string of the molecule is CCCCCCCCCCCCCCCCCCCCCCC(=O)O[C@H](COC(=O)CCCCCCCCCCCCCCCCC)COP(=O)(O)OC[C@@H](O)COP(=O)(O)OC[C@@H](COC(=O)CCCCCCCCCC)OC(=O)CCCCCCCCCCC(C)CC. The van der Waals surface area contributed by atoms with Crippen molar-refractivity contribution in [2.24, 2.45) is 5.92 Å². The van der Waals surface area contributed by atoms with E-state index in [9.17, 15) is 43.2 Å². The number of unbranched alkanes of at least 4 members (excludes halogenated alkanes) is 47. The maximum atomic E-state index is 13.1. The van der Waals surface area contributed by atoms with Crippen LogP contribution in [-0.4, -0.2) is 96.7 Å². The first kappa shape index (κ1) is 93.1. The Kier molecular flexibility index (Phi) is 67.7. The minimum atomic E-state index is -4.96.